The molecule has 0 aromatic carbocycles. The minimum atomic E-state index is -1.89. The third kappa shape index (κ3) is 2.61. The zero-order valence-corrected chi connectivity index (χ0v) is 17.4. The van der Waals surface area contributed by atoms with Crippen molar-refractivity contribution in [2.24, 2.45) is 29.1 Å². The molecule has 5 nitrogen and oxygen atoms in total. The lowest BCUT2D eigenvalue weighted by atomic mass is 9.48. The Kier molecular flexibility index (Phi) is 4.91. The maximum atomic E-state index is 16.6. The molecule has 0 unspecified atom stereocenters. The van der Waals surface area contributed by atoms with Crippen LogP contribution in [0.4, 0.5) is 4.39 Å². The van der Waals surface area contributed by atoms with Crippen LogP contribution in [-0.2, 0) is 14.3 Å². The monoisotopic (exact) mass is 406 g/mol. The van der Waals surface area contributed by atoms with Crippen LogP contribution in [0.25, 0.3) is 0 Å². The number of hydrogen-bond donors (Lipinski definition) is 2. The van der Waals surface area contributed by atoms with Gasteiger partial charge in [-0.25, -0.2) is 4.39 Å². The van der Waals surface area contributed by atoms with E-state index in [1.807, 2.05) is 13.8 Å². The second-order valence-corrected chi connectivity index (χ2v) is 9.64. The molecule has 0 saturated heterocycles. The molecule has 0 radical (unpaired) electrons. The van der Waals surface area contributed by atoms with E-state index in [1.165, 1.54) is 12.2 Å². The number of alkyl halides is 1. The summed E-state index contributed by atoms with van der Waals surface area (Å²) >= 11 is 0. The predicted octanol–water partition coefficient (Wildman–Crippen LogP) is 2.55. The van der Waals surface area contributed by atoms with Gasteiger partial charge in [0.25, 0.3) is 0 Å². The molecule has 0 aromatic rings. The second kappa shape index (κ2) is 6.82. The lowest BCUT2D eigenvalue weighted by Gasteiger charge is -2.59. The third-order valence-corrected chi connectivity index (χ3v) is 8.45. The number of carbonyl (C=O) groups excluding carboxylic acids is 2. The Morgan fingerprint density at radius 1 is 1.38 bits per heavy atom. The number of halogens is 1. The summed E-state index contributed by atoms with van der Waals surface area (Å²) in [5.41, 5.74) is -3.72. The lowest BCUT2D eigenvalue weighted by Crippen LogP contribution is -2.67. The SMILES string of the molecule is CCOCC(=O)[C@@]1(O)[C@H](C)C[C@H]2[C@@H]3CCC4=CC(=O)C=C[C@@H]4[C@@]3(F)[C@@H](O)C[C@@]21C. The molecule has 0 aliphatic heterocycles. The predicted molar refractivity (Wildman–Crippen MR) is 105 cm³/mol. The molecule has 0 heterocycles. The Morgan fingerprint density at radius 2 is 2.10 bits per heavy atom. The van der Waals surface area contributed by atoms with Gasteiger partial charge in [0.15, 0.2) is 11.6 Å². The van der Waals surface area contributed by atoms with Crippen LogP contribution in [0.3, 0.4) is 0 Å². The van der Waals surface area contributed by atoms with E-state index in [4.69, 9.17) is 4.74 Å². The van der Waals surface area contributed by atoms with Crippen molar-refractivity contribution >= 4 is 11.6 Å². The highest BCUT2D eigenvalue weighted by atomic mass is 19.1. The highest BCUT2D eigenvalue weighted by molar-refractivity contribution is 6.01. The fourth-order valence-corrected chi connectivity index (χ4v) is 7.06. The van der Waals surface area contributed by atoms with E-state index in [0.717, 1.165) is 5.57 Å². The number of ether oxygens (including phenoxy) is 1. The van der Waals surface area contributed by atoms with Crippen LogP contribution in [0.15, 0.2) is 23.8 Å². The molecule has 0 aromatic heterocycles. The molecule has 6 heteroatoms. The van der Waals surface area contributed by atoms with E-state index >= 15 is 4.39 Å². The number of aliphatic hydroxyl groups excluding tert-OH is 1. The molecule has 4 aliphatic rings. The van der Waals surface area contributed by atoms with Crippen LogP contribution < -0.4 is 0 Å². The first-order chi connectivity index (χ1) is 13.6. The number of rotatable bonds is 4. The first-order valence-electron chi connectivity index (χ1n) is 10.7. The summed E-state index contributed by atoms with van der Waals surface area (Å²) in [4.78, 5) is 24.8. The van der Waals surface area contributed by atoms with Crippen molar-refractivity contribution < 1.29 is 28.9 Å². The quantitative estimate of drug-likeness (QED) is 0.750. The van der Waals surface area contributed by atoms with Gasteiger partial charge in [0, 0.05) is 23.9 Å². The summed E-state index contributed by atoms with van der Waals surface area (Å²) in [6.45, 7) is 5.66. The number of Topliss-reactive ketones (excluding diaryl/α,β-unsaturated/α-hetero) is 1. The van der Waals surface area contributed by atoms with E-state index in [0.29, 0.717) is 25.9 Å². The van der Waals surface area contributed by atoms with Gasteiger partial charge in [0.1, 0.15) is 17.9 Å². The van der Waals surface area contributed by atoms with Crippen LogP contribution in [0.5, 0.6) is 0 Å². The van der Waals surface area contributed by atoms with Crippen LogP contribution in [0.2, 0.25) is 0 Å². The Hall–Kier alpha value is -1.37. The molecule has 8 atom stereocenters. The fourth-order valence-electron chi connectivity index (χ4n) is 7.06. The molecule has 0 spiro atoms. The Bertz CT molecular complexity index is 790. The number of carbonyl (C=O) groups is 2. The Labute approximate surface area is 171 Å². The van der Waals surface area contributed by atoms with Gasteiger partial charge < -0.3 is 14.9 Å². The van der Waals surface area contributed by atoms with Crippen molar-refractivity contribution in [1.82, 2.24) is 0 Å². The molecule has 0 amide bonds. The normalized spacial score (nSPS) is 48.6. The largest absolute Gasteiger partial charge is 0.390 e. The maximum Gasteiger partial charge on any atom is 0.190 e. The number of ketones is 2. The lowest BCUT2D eigenvalue weighted by molar-refractivity contribution is -0.207. The van der Waals surface area contributed by atoms with Gasteiger partial charge in [-0.05, 0) is 56.6 Å². The molecule has 4 aliphatic carbocycles. The highest BCUT2D eigenvalue weighted by Gasteiger charge is 2.73. The topological polar surface area (TPSA) is 83.8 Å². The second-order valence-electron chi connectivity index (χ2n) is 9.64. The summed E-state index contributed by atoms with van der Waals surface area (Å²) < 4.78 is 21.9. The van der Waals surface area contributed by atoms with Gasteiger partial charge >= 0.3 is 0 Å². The Morgan fingerprint density at radius 3 is 2.79 bits per heavy atom. The van der Waals surface area contributed by atoms with Crippen LogP contribution in [0, 0.1) is 29.1 Å². The van der Waals surface area contributed by atoms with Crippen LogP contribution in [0.1, 0.15) is 46.5 Å². The minimum absolute atomic E-state index is 0.00887. The molecule has 160 valence electrons. The molecule has 4 rings (SSSR count). The fraction of sp³-hybridized carbons (Fsp3) is 0.739. The van der Waals surface area contributed by atoms with Crippen molar-refractivity contribution in [1.29, 1.82) is 0 Å². The Balaban J connectivity index is 1.73. The first kappa shape index (κ1) is 20.9. The first-order valence-corrected chi connectivity index (χ1v) is 10.7. The average Bonchev–Trinajstić information content (AvgIpc) is 2.87. The molecule has 3 saturated carbocycles. The smallest absolute Gasteiger partial charge is 0.190 e. The summed E-state index contributed by atoms with van der Waals surface area (Å²) in [6.07, 6.45) is 4.80. The van der Waals surface area contributed by atoms with Crippen LogP contribution >= 0.6 is 0 Å². The van der Waals surface area contributed by atoms with Crippen molar-refractivity contribution in [3.63, 3.8) is 0 Å². The third-order valence-electron chi connectivity index (χ3n) is 8.45. The standard InChI is InChI=1S/C23H31FO5/c1-4-29-12-20(27)23(28)13(2)9-18-17-7-5-14-10-15(25)6-8-16(14)22(17,24)19(26)11-21(18,23)3/h6,8,10,13,16-19,26,28H,4-5,7,9,11-12H2,1-3H3/t13-,16+,17+,18+,19+,21+,22+,23+/m1/s1. The molecule has 0 bridgehead atoms. The van der Waals surface area contributed by atoms with Gasteiger partial charge in [-0.15, -0.1) is 0 Å². The molecule has 2 N–H and O–H groups in total. The van der Waals surface area contributed by atoms with Crippen molar-refractivity contribution in [2.45, 2.75) is 63.8 Å². The molecule has 29 heavy (non-hydrogen) atoms. The van der Waals surface area contributed by atoms with E-state index in [9.17, 15) is 19.8 Å². The van der Waals surface area contributed by atoms with E-state index in [1.54, 1.807) is 13.0 Å². The van der Waals surface area contributed by atoms with Gasteiger partial charge in [-0.3, -0.25) is 9.59 Å². The average molecular weight is 406 g/mol. The van der Waals surface area contributed by atoms with Gasteiger partial charge in [0.2, 0.25) is 0 Å². The van der Waals surface area contributed by atoms with Crippen molar-refractivity contribution in [2.75, 3.05) is 13.2 Å². The maximum absolute atomic E-state index is 16.6. The molecular formula is C23H31FO5. The summed E-state index contributed by atoms with van der Waals surface area (Å²) in [6, 6.07) is 0. The van der Waals surface area contributed by atoms with Crippen molar-refractivity contribution in [3.8, 4) is 0 Å². The number of allylic oxidation sites excluding steroid dienone is 4. The summed E-state index contributed by atoms with van der Waals surface area (Å²) in [7, 11) is 0. The molecular weight excluding hydrogens is 375 g/mol. The number of aliphatic hydroxyl groups is 2. The van der Waals surface area contributed by atoms with E-state index in [2.05, 4.69) is 0 Å². The zero-order chi connectivity index (χ0) is 21.2. The highest BCUT2D eigenvalue weighted by Crippen LogP contribution is 2.68. The number of fused-ring (bicyclic) bond motifs is 5. The molecule has 3 fully saturated rings. The zero-order valence-electron chi connectivity index (χ0n) is 17.4. The van der Waals surface area contributed by atoms with E-state index < -0.39 is 34.6 Å². The summed E-state index contributed by atoms with van der Waals surface area (Å²) in [5, 5.41) is 22.7. The number of hydrogen-bond acceptors (Lipinski definition) is 5. The van der Waals surface area contributed by atoms with Gasteiger partial charge in [0.05, 0.1) is 6.10 Å². The van der Waals surface area contributed by atoms with Crippen molar-refractivity contribution in [3.05, 3.63) is 23.8 Å². The van der Waals surface area contributed by atoms with Crippen LogP contribution in [-0.4, -0.2) is 52.4 Å². The summed E-state index contributed by atoms with van der Waals surface area (Å²) in [5.74, 6) is -2.20. The van der Waals surface area contributed by atoms with Gasteiger partial charge in [-0.2, -0.15) is 0 Å². The van der Waals surface area contributed by atoms with Gasteiger partial charge in [-0.1, -0.05) is 25.5 Å². The van der Waals surface area contributed by atoms with E-state index in [-0.39, 0.29) is 36.4 Å². The minimum Gasteiger partial charge on any atom is -0.390 e.